The molecule has 5 nitrogen and oxygen atoms in total. The molecule has 0 aliphatic heterocycles. The van der Waals surface area contributed by atoms with E-state index in [9.17, 15) is 4.79 Å². The van der Waals surface area contributed by atoms with E-state index in [1.54, 1.807) is 12.1 Å². The van der Waals surface area contributed by atoms with E-state index in [4.69, 9.17) is 33.0 Å². The lowest BCUT2D eigenvalue weighted by atomic mass is 10.3. The topological polar surface area (TPSA) is 72.3 Å². The molecule has 0 bridgehead atoms. The molecule has 0 spiro atoms. The van der Waals surface area contributed by atoms with Crippen LogP contribution in [0.2, 0.25) is 10.0 Å². The number of hydrogen-bond donors (Lipinski definition) is 1. The second-order valence-electron chi connectivity index (χ2n) is 3.24. The predicted molar refractivity (Wildman–Crippen MR) is 65.5 cm³/mol. The van der Waals surface area contributed by atoms with Crippen LogP contribution in [-0.2, 0) is 0 Å². The van der Waals surface area contributed by atoms with Crippen LogP contribution in [-0.4, -0.2) is 21.3 Å². The summed E-state index contributed by atoms with van der Waals surface area (Å²) in [5, 5.41) is 16.6. The Morgan fingerprint density at radius 2 is 1.94 bits per heavy atom. The van der Waals surface area contributed by atoms with Gasteiger partial charge in [-0.1, -0.05) is 23.2 Å². The summed E-state index contributed by atoms with van der Waals surface area (Å²) in [6.45, 7) is 0. The molecular formula is C11H6Cl2N2O3. The molecule has 92 valence electrons. The Kier molecular flexibility index (Phi) is 3.64. The van der Waals surface area contributed by atoms with E-state index in [1.165, 1.54) is 18.2 Å². The molecule has 7 heteroatoms. The van der Waals surface area contributed by atoms with Crippen LogP contribution in [0.15, 0.2) is 30.3 Å². The third kappa shape index (κ3) is 2.88. The SMILES string of the molecule is O=C(O)c1ccc(Oc2ccc(Cl)cc2Cl)nn1. The van der Waals surface area contributed by atoms with Gasteiger partial charge in [0.2, 0.25) is 5.88 Å². The third-order valence-corrected chi connectivity index (χ3v) is 2.50. The van der Waals surface area contributed by atoms with Crippen molar-refractivity contribution in [3.8, 4) is 11.6 Å². The summed E-state index contributed by atoms with van der Waals surface area (Å²) in [6, 6.07) is 7.40. The Morgan fingerprint density at radius 1 is 1.17 bits per heavy atom. The van der Waals surface area contributed by atoms with Gasteiger partial charge in [0.05, 0.1) is 5.02 Å². The molecule has 18 heavy (non-hydrogen) atoms. The molecule has 1 N–H and O–H groups in total. The Balaban J connectivity index is 2.21. The first kappa shape index (κ1) is 12.6. The molecule has 0 amide bonds. The van der Waals surface area contributed by atoms with Crippen LogP contribution < -0.4 is 4.74 Å². The van der Waals surface area contributed by atoms with E-state index in [0.717, 1.165) is 0 Å². The number of nitrogens with zero attached hydrogens (tertiary/aromatic N) is 2. The van der Waals surface area contributed by atoms with Crippen LogP contribution >= 0.6 is 23.2 Å². The second-order valence-corrected chi connectivity index (χ2v) is 4.08. The third-order valence-electron chi connectivity index (χ3n) is 1.97. The minimum absolute atomic E-state index is 0.143. The van der Waals surface area contributed by atoms with Gasteiger partial charge < -0.3 is 9.84 Å². The number of aromatic nitrogens is 2. The molecule has 0 saturated carbocycles. The molecule has 0 aliphatic rings. The molecule has 0 radical (unpaired) electrons. The van der Waals surface area contributed by atoms with E-state index in [-0.39, 0.29) is 11.6 Å². The van der Waals surface area contributed by atoms with Gasteiger partial charge in [-0.15, -0.1) is 10.2 Å². The molecule has 2 aromatic rings. The van der Waals surface area contributed by atoms with Gasteiger partial charge in [0.25, 0.3) is 0 Å². The van der Waals surface area contributed by atoms with E-state index in [2.05, 4.69) is 10.2 Å². The van der Waals surface area contributed by atoms with Gasteiger partial charge in [0.15, 0.2) is 5.69 Å². The first-order valence-electron chi connectivity index (χ1n) is 4.76. The standard InChI is InChI=1S/C11H6Cl2N2O3/c12-6-1-3-9(7(13)5-6)18-10-4-2-8(11(16)17)14-15-10/h1-5H,(H,16,17). The molecule has 0 atom stereocenters. The average Bonchev–Trinajstić information content (AvgIpc) is 2.33. The summed E-state index contributed by atoms with van der Waals surface area (Å²) in [7, 11) is 0. The number of benzene rings is 1. The van der Waals surface area contributed by atoms with E-state index in [0.29, 0.717) is 15.8 Å². The van der Waals surface area contributed by atoms with Crippen molar-refractivity contribution in [1.29, 1.82) is 0 Å². The largest absolute Gasteiger partial charge is 0.476 e. The lowest BCUT2D eigenvalue weighted by Crippen LogP contribution is -2.02. The van der Waals surface area contributed by atoms with Gasteiger partial charge in [-0.25, -0.2) is 4.79 Å². The minimum atomic E-state index is -1.15. The van der Waals surface area contributed by atoms with E-state index < -0.39 is 5.97 Å². The van der Waals surface area contributed by atoms with Crippen molar-refractivity contribution in [1.82, 2.24) is 10.2 Å². The zero-order chi connectivity index (χ0) is 13.1. The Hall–Kier alpha value is -1.85. The fourth-order valence-electron chi connectivity index (χ4n) is 1.16. The predicted octanol–water partition coefficient (Wildman–Crippen LogP) is 3.27. The van der Waals surface area contributed by atoms with Crippen molar-refractivity contribution < 1.29 is 14.6 Å². The second kappa shape index (κ2) is 5.20. The summed E-state index contributed by atoms with van der Waals surface area (Å²) in [4.78, 5) is 10.6. The van der Waals surface area contributed by atoms with E-state index >= 15 is 0 Å². The molecule has 0 unspecified atom stereocenters. The smallest absolute Gasteiger partial charge is 0.356 e. The van der Waals surface area contributed by atoms with Crippen LogP contribution in [0, 0.1) is 0 Å². The number of carbonyl (C=O) groups is 1. The molecule has 0 aliphatic carbocycles. The van der Waals surface area contributed by atoms with Crippen LogP contribution in [0.3, 0.4) is 0 Å². The van der Waals surface area contributed by atoms with Gasteiger partial charge in [0, 0.05) is 11.1 Å². The Morgan fingerprint density at radius 3 is 2.50 bits per heavy atom. The van der Waals surface area contributed by atoms with Crippen LogP contribution in [0.25, 0.3) is 0 Å². The van der Waals surface area contributed by atoms with Crippen molar-refractivity contribution >= 4 is 29.2 Å². The first-order chi connectivity index (χ1) is 8.56. The number of hydrogen-bond acceptors (Lipinski definition) is 4. The zero-order valence-electron chi connectivity index (χ0n) is 8.80. The number of carboxylic acids is 1. The van der Waals surface area contributed by atoms with Crippen molar-refractivity contribution in [2.75, 3.05) is 0 Å². The summed E-state index contributed by atoms with van der Waals surface area (Å²) in [6.07, 6.45) is 0. The van der Waals surface area contributed by atoms with Crippen molar-refractivity contribution in [2.45, 2.75) is 0 Å². The quantitative estimate of drug-likeness (QED) is 0.936. The molecule has 2 rings (SSSR count). The van der Waals surface area contributed by atoms with Gasteiger partial charge in [-0.3, -0.25) is 0 Å². The number of carboxylic acid groups (broad SMARTS) is 1. The summed E-state index contributed by atoms with van der Waals surface area (Å²) in [5.41, 5.74) is -0.162. The highest BCUT2D eigenvalue weighted by Crippen LogP contribution is 2.30. The van der Waals surface area contributed by atoms with Crippen LogP contribution in [0.5, 0.6) is 11.6 Å². The average molecular weight is 285 g/mol. The van der Waals surface area contributed by atoms with Crippen LogP contribution in [0.4, 0.5) is 0 Å². The highest BCUT2D eigenvalue weighted by molar-refractivity contribution is 6.35. The summed E-state index contributed by atoms with van der Waals surface area (Å²) < 4.78 is 5.34. The number of rotatable bonds is 3. The number of ether oxygens (including phenoxy) is 1. The van der Waals surface area contributed by atoms with E-state index in [1.807, 2.05) is 0 Å². The molecule has 0 fully saturated rings. The molecule has 1 heterocycles. The molecule has 1 aromatic heterocycles. The van der Waals surface area contributed by atoms with Crippen LogP contribution in [0.1, 0.15) is 10.5 Å². The highest BCUT2D eigenvalue weighted by Gasteiger charge is 2.08. The normalized spacial score (nSPS) is 10.1. The van der Waals surface area contributed by atoms with Gasteiger partial charge in [0.1, 0.15) is 5.75 Å². The number of halogens is 2. The molecular weight excluding hydrogens is 279 g/mol. The monoisotopic (exact) mass is 284 g/mol. The summed E-state index contributed by atoms with van der Waals surface area (Å²) in [5.74, 6) is -0.652. The fourth-order valence-corrected chi connectivity index (χ4v) is 1.61. The zero-order valence-corrected chi connectivity index (χ0v) is 10.3. The van der Waals surface area contributed by atoms with Gasteiger partial charge in [-0.05, 0) is 24.3 Å². The first-order valence-corrected chi connectivity index (χ1v) is 5.52. The number of aromatic carboxylic acids is 1. The molecule has 0 saturated heterocycles. The Labute approximate surface area is 112 Å². The van der Waals surface area contributed by atoms with Crippen molar-refractivity contribution in [2.24, 2.45) is 0 Å². The highest BCUT2D eigenvalue weighted by atomic mass is 35.5. The van der Waals surface area contributed by atoms with Gasteiger partial charge >= 0.3 is 5.97 Å². The lowest BCUT2D eigenvalue weighted by Gasteiger charge is -2.06. The van der Waals surface area contributed by atoms with Crippen molar-refractivity contribution in [3.05, 3.63) is 46.1 Å². The lowest BCUT2D eigenvalue weighted by molar-refractivity contribution is 0.0689. The van der Waals surface area contributed by atoms with Crippen molar-refractivity contribution in [3.63, 3.8) is 0 Å². The summed E-state index contributed by atoms with van der Waals surface area (Å²) >= 11 is 11.7. The van der Waals surface area contributed by atoms with Gasteiger partial charge in [-0.2, -0.15) is 0 Å². The maximum absolute atomic E-state index is 10.6. The molecule has 1 aromatic carbocycles. The maximum atomic E-state index is 10.6. The maximum Gasteiger partial charge on any atom is 0.356 e. The minimum Gasteiger partial charge on any atom is -0.476 e. The fraction of sp³-hybridized carbons (Fsp3) is 0. The Bertz CT molecular complexity index is 587.